The molecule has 1 aromatic carbocycles. The molecule has 2 amide bonds. The lowest BCUT2D eigenvalue weighted by atomic mass is 9.86. The summed E-state index contributed by atoms with van der Waals surface area (Å²) < 4.78 is 41.1. The van der Waals surface area contributed by atoms with E-state index in [0.717, 1.165) is 10.9 Å². The van der Waals surface area contributed by atoms with Crippen molar-refractivity contribution in [2.45, 2.75) is 44.4 Å². The lowest BCUT2D eigenvalue weighted by Gasteiger charge is -2.27. The summed E-state index contributed by atoms with van der Waals surface area (Å²) in [5, 5.41) is 17.4. The lowest BCUT2D eigenvalue weighted by molar-refractivity contribution is 0.0266. The van der Waals surface area contributed by atoms with E-state index in [2.05, 4.69) is 21.4 Å². The van der Waals surface area contributed by atoms with Gasteiger partial charge < -0.3 is 14.4 Å². The summed E-state index contributed by atoms with van der Waals surface area (Å²) in [6.45, 7) is 6.18. The van der Waals surface area contributed by atoms with Crippen LogP contribution in [-0.2, 0) is 21.4 Å². The van der Waals surface area contributed by atoms with E-state index in [1.165, 1.54) is 17.2 Å². The maximum atomic E-state index is 15.6. The second kappa shape index (κ2) is 9.50. The van der Waals surface area contributed by atoms with Crippen molar-refractivity contribution in [1.29, 1.82) is 5.26 Å². The molecule has 2 aliphatic heterocycles. The van der Waals surface area contributed by atoms with Crippen molar-refractivity contribution in [2.75, 3.05) is 24.5 Å². The number of carbonyl (C=O) groups is 2. The van der Waals surface area contributed by atoms with Crippen LogP contribution in [-0.4, -0.2) is 68.4 Å². The average Bonchev–Trinajstić information content (AvgIpc) is 3.34. The quantitative estimate of drug-likeness (QED) is 0.458. The highest BCUT2D eigenvalue weighted by Crippen LogP contribution is 2.64. The van der Waals surface area contributed by atoms with Gasteiger partial charge in [-0.2, -0.15) is 9.65 Å². The fourth-order valence-corrected chi connectivity index (χ4v) is 5.98. The maximum Gasteiger partial charge on any atom is 0.414 e. The summed E-state index contributed by atoms with van der Waals surface area (Å²) in [4.78, 5) is 32.2. The molecule has 4 atom stereocenters. The number of likely N-dealkylation sites (tertiary alicyclic amines) is 1. The first-order valence-corrected chi connectivity index (χ1v) is 13.2. The Balaban J connectivity index is 1.22. The van der Waals surface area contributed by atoms with E-state index in [1.54, 1.807) is 50.1 Å². The summed E-state index contributed by atoms with van der Waals surface area (Å²) in [5.74, 6) is -1.50. The van der Waals surface area contributed by atoms with Crippen LogP contribution in [0, 0.1) is 34.9 Å². The van der Waals surface area contributed by atoms with Crippen LogP contribution in [0.25, 0.3) is 11.1 Å². The maximum absolute atomic E-state index is 15.6. The van der Waals surface area contributed by atoms with E-state index < -0.39 is 41.1 Å². The minimum atomic E-state index is -0.884. The van der Waals surface area contributed by atoms with Crippen LogP contribution in [0.4, 0.5) is 24.1 Å². The Morgan fingerprint density at radius 2 is 1.93 bits per heavy atom. The van der Waals surface area contributed by atoms with Crippen LogP contribution in [0.5, 0.6) is 0 Å². The molecule has 11 nitrogen and oxygen atoms in total. The van der Waals surface area contributed by atoms with Crippen molar-refractivity contribution >= 4 is 17.9 Å². The molecule has 3 aliphatic rings. The zero-order valence-corrected chi connectivity index (χ0v) is 22.6. The molecule has 0 N–H and O–H groups in total. The van der Waals surface area contributed by atoms with Gasteiger partial charge in [-0.3, -0.25) is 9.88 Å². The van der Waals surface area contributed by atoms with Gasteiger partial charge >= 0.3 is 12.2 Å². The molecule has 13 heteroatoms. The molecular weight excluding hydrogens is 536 g/mol. The van der Waals surface area contributed by atoms with Crippen molar-refractivity contribution < 1.29 is 27.8 Å². The number of piperidine rings is 1. The van der Waals surface area contributed by atoms with Gasteiger partial charge in [0.15, 0.2) is 0 Å². The van der Waals surface area contributed by atoms with E-state index in [9.17, 15) is 19.2 Å². The van der Waals surface area contributed by atoms with Crippen LogP contribution in [0.1, 0.15) is 26.3 Å². The molecule has 0 radical (unpaired) electrons. The van der Waals surface area contributed by atoms with E-state index in [1.807, 2.05) is 0 Å². The number of halogens is 2. The number of benzene rings is 1. The largest absolute Gasteiger partial charge is 0.444 e. The smallest absolute Gasteiger partial charge is 0.414 e. The summed E-state index contributed by atoms with van der Waals surface area (Å²) in [7, 11) is 0. The number of rotatable bonds is 5. The summed E-state index contributed by atoms with van der Waals surface area (Å²) in [5.41, 5.74) is 0.115. The second-order valence-corrected chi connectivity index (χ2v) is 11.5. The van der Waals surface area contributed by atoms with Crippen molar-refractivity contribution in [3.05, 3.63) is 60.2 Å². The van der Waals surface area contributed by atoms with Crippen LogP contribution >= 0.6 is 0 Å². The van der Waals surface area contributed by atoms with Crippen LogP contribution in [0.3, 0.4) is 0 Å². The highest BCUT2D eigenvalue weighted by molar-refractivity contribution is 5.90. The summed E-state index contributed by atoms with van der Waals surface area (Å²) in [6, 6.07) is 8.55. The third kappa shape index (κ3) is 4.53. The van der Waals surface area contributed by atoms with E-state index >= 15 is 4.39 Å². The Morgan fingerprint density at radius 1 is 1.17 bits per heavy atom. The number of aromatic nitrogens is 4. The number of fused-ring (bicyclic) bond motifs is 1. The van der Waals surface area contributed by atoms with Crippen LogP contribution in [0.2, 0.25) is 0 Å². The number of hydrogen-bond donors (Lipinski definition) is 0. The van der Waals surface area contributed by atoms with Crippen molar-refractivity contribution in [3.8, 4) is 17.2 Å². The lowest BCUT2D eigenvalue weighted by Crippen LogP contribution is -2.39. The summed E-state index contributed by atoms with van der Waals surface area (Å²) in [6.07, 6.45) is 2.26. The van der Waals surface area contributed by atoms with Gasteiger partial charge in [-0.05, 0) is 50.6 Å². The average molecular weight is 564 g/mol. The fraction of sp³-hybridized carbons (Fsp3) is 0.429. The number of ether oxygens (including phenoxy) is 2. The molecule has 2 aromatic heterocycles. The molecular formula is C28H27F2N7O4. The topological polar surface area (TPSA) is 126 Å². The molecule has 1 unspecified atom stereocenters. The fourth-order valence-electron chi connectivity index (χ4n) is 5.98. The predicted molar refractivity (Wildman–Crippen MR) is 139 cm³/mol. The van der Waals surface area contributed by atoms with Gasteiger partial charge in [-0.25, -0.2) is 18.7 Å². The minimum Gasteiger partial charge on any atom is -0.444 e. The monoisotopic (exact) mass is 563 g/mol. The Bertz CT molecular complexity index is 1570. The zero-order chi connectivity index (χ0) is 29.1. The number of anilines is 1. The molecule has 0 bridgehead atoms. The molecule has 212 valence electrons. The van der Waals surface area contributed by atoms with Gasteiger partial charge in [0.1, 0.15) is 23.7 Å². The number of amides is 2. The standard InChI is InChI=1S/C28H27F2N7O4/c1-27(2,3)41-25(38)35-13-21-22(14-35)28(21,15-31)20-6-7-32-9-19(20)18-5-4-16(8-23(18)29)36-11-17(40-26(36)39)12-37-24(30)10-33-34-37/h4-10,17,21-22H,11-14H2,1-3H3/t17-,21-,22+,28?/m1/s1. The number of pyridine rings is 1. The van der Waals surface area contributed by atoms with Gasteiger partial charge in [0.05, 0.1) is 30.3 Å². The summed E-state index contributed by atoms with van der Waals surface area (Å²) >= 11 is 0. The van der Waals surface area contributed by atoms with Gasteiger partial charge in [-0.15, -0.1) is 5.10 Å². The van der Waals surface area contributed by atoms with Crippen molar-refractivity contribution in [2.24, 2.45) is 11.8 Å². The van der Waals surface area contributed by atoms with Crippen LogP contribution < -0.4 is 4.90 Å². The van der Waals surface area contributed by atoms with E-state index in [4.69, 9.17) is 9.47 Å². The minimum absolute atomic E-state index is 0.0301. The highest BCUT2D eigenvalue weighted by Gasteiger charge is 2.71. The molecule has 3 aromatic rings. The molecule has 41 heavy (non-hydrogen) atoms. The molecule has 2 saturated heterocycles. The molecule has 3 fully saturated rings. The number of hydrogen-bond acceptors (Lipinski definition) is 8. The third-order valence-corrected chi connectivity index (χ3v) is 7.86. The van der Waals surface area contributed by atoms with Gasteiger partial charge in [-0.1, -0.05) is 5.21 Å². The van der Waals surface area contributed by atoms with Crippen molar-refractivity contribution in [3.63, 3.8) is 0 Å². The molecule has 6 rings (SSSR count). The number of nitrogens with zero attached hydrogens (tertiary/aromatic N) is 7. The Labute approximate surface area is 234 Å². The first kappa shape index (κ1) is 26.6. The normalized spacial score (nSPS) is 25.1. The van der Waals surface area contributed by atoms with Gasteiger partial charge in [0.25, 0.3) is 0 Å². The molecule has 4 heterocycles. The molecule has 1 aliphatic carbocycles. The van der Waals surface area contributed by atoms with E-state index in [0.29, 0.717) is 24.2 Å². The third-order valence-electron chi connectivity index (χ3n) is 7.86. The number of carbonyl (C=O) groups excluding carboxylic acids is 2. The molecule has 0 spiro atoms. The Kier molecular flexibility index (Phi) is 6.17. The first-order valence-electron chi connectivity index (χ1n) is 13.2. The Hall–Kier alpha value is -4.60. The van der Waals surface area contributed by atoms with Crippen LogP contribution in [0.15, 0.2) is 42.9 Å². The Morgan fingerprint density at radius 3 is 2.56 bits per heavy atom. The SMILES string of the molecule is CC(C)(C)OC(=O)N1C[C@@H]2[C@H](C1)C2(C#N)c1ccncc1-c1ccc(N2C[C@H](Cn3nncc3F)OC2=O)cc1F. The number of cyclic esters (lactones) is 1. The van der Waals surface area contributed by atoms with Gasteiger partial charge in [0.2, 0.25) is 5.95 Å². The van der Waals surface area contributed by atoms with E-state index in [-0.39, 0.29) is 36.2 Å². The second-order valence-electron chi connectivity index (χ2n) is 11.5. The first-order chi connectivity index (χ1) is 19.5. The predicted octanol–water partition coefficient (Wildman–Crippen LogP) is 3.90. The van der Waals surface area contributed by atoms with Crippen molar-refractivity contribution in [1.82, 2.24) is 24.9 Å². The molecule has 1 saturated carbocycles. The number of nitriles is 1. The highest BCUT2D eigenvalue weighted by atomic mass is 19.1. The zero-order valence-electron chi connectivity index (χ0n) is 22.6. The van der Waals surface area contributed by atoms with Gasteiger partial charge in [0, 0.05) is 48.4 Å².